The minimum absolute atomic E-state index is 0.0173. The van der Waals surface area contributed by atoms with E-state index in [0.29, 0.717) is 0 Å². The molecule has 2 aromatic carbocycles. The number of nitrogens with one attached hydrogen (secondary N) is 1. The third-order valence-electron chi connectivity index (χ3n) is 3.80. The van der Waals surface area contributed by atoms with E-state index in [1.165, 1.54) is 11.8 Å². The number of imidazole rings is 1. The number of rotatable bonds is 4. The minimum atomic E-state index is -0.231. The van der Waals surface area contributed by atoms with Crippen molar-refractivity contribution in [3.05, 3.63) is 54.1 Å². The Morgan fingerprint density at radius 1 is 1.17 bits per heavy atom. The third kappa shape index (κ3) is 3.24. The molecule has 0 saturated heterocycles. The molecule has 5 heteroatoms. The molecule has 0 aliphatic carbocycles. The van der Waals surface area contributed by atoms with E-state index in [4.69, 9.17) is 0 Å². The van der Waals surface area contributed by atoms with E-state index in [2.05, 4.69) is 10.3 Å². The number of hydrogen-bond donors (Lipinski definition) is 1. The van der Waals surface area contributed by atoms with Crippen LogP contribution in [0.4, 0.5) is 5.69 Å². The van der Waals surface area contributed by atoms with Gasteiger partial charge in [0.25, 0.3) is 0 Å². The van der Waals surface area contributed by atoms with Gasteiger partial charge in [0.1, 0.15) is 0 Å². The Morgan fingerprint density at radius 3 is 2.61 bits per heavy atom. The fourth-order valence-corrected chi connectivity index (χ4v) is 3.28. The SMILES string of the molecule is Cc1ccccc1NC(=O)C(C)Sc1nc2ccccc2n1C. The molecule has 1 aromatic heterocycles. The van der Waals surface area contributed by atoms with E-state index in [1.54, 1.807) is 0 Å². The topological polar surface area (TPSA) is 46.9 Å². The number of hydrogen-bond acceptors (Lipinski definition) is 3. The van der Waals surface area contributed by atoms with Crippen molar-refractivity contribution in [1.29, 1.82) is 0 Å². The smallest absolute Gasteiger partial charge is 0.237 e. The van der Waals surface area contributed by atoms with Crippen molar-refractivity contribution in [1.82, 2.24) is 9.55 Å². The van der Waals surface area contributed by atoms with Gasteiger partial charge >= 0.3 is 0 Å². The highest BCUT2D eigenvalue weighted by atomic mass is 32.2. The van der Waals surface area contributed by atoms with E-state index in [0.717, 1.165) is 27.4 Å². The largest absolute Gasteiger partial charge is 0.325 e. The van der Waals surface area contributed by atoms with Gasteiger partial charge in [-0.3, -0.25) is 4.79 Å². The van der Waals surface area contributed by atoms with E-state index < -0.39 is 0 Å². The third-order valence-corrected chi connectivity index (χ3v) is 4.94. The summed E-state index contributed by atoms with van der Waals surface area (Å²) < 4.78 is 2.03. The second-order valence-corrected chi connectivity index (χ2v) is 6.81. The monoisotopic (exact) mass is 325 g/mol. The molecule has 118 valence electrons. The lowest BCUT2D eigenvalue weighted by molar-refractivity contribution is -0.115. The second-order valence-electron chi connectivity index (χ2n) is 5.51. The molecule has 0 fully saturated rings. The summed E-state index contributed by atoms with van der Waals surface area (Å²) in [6.07, 6.45) is 0. The maximum Gasteiger partial charge on any atom is 0.237 e. The fraction of sp³-hybridized carbons (Fsp3) is 0.222. The molecule has 4 nitrogen and oxygen atoms in total. The van der Waals surface area contributed by atoms with Gasteiger partial charge in [0, 0.05) is 12.7 Å². The van der Waals surface area contributed by atoms with Crippen molar-refractivity contribution in [3.8, 4) is 0 Å². The number of aryl methyl sites for hydroxylation is 2. The molecule has 1 amide bonds. The van der Waals surface area contributed by atoms with Gasteiger partial charge in [-0.2, -0.15) is 0 Å². The molecular weight excluding hydrogens is 306 g/mol. The number of carbonyl (C=O) groups excluding carboxylic acids is 1. The fourth-order valence-electron chi connectivity index (χ4n) is 2.39. The number of carbonyl (C=O) groups is 1. The summed E-state index contributed by atoms with van der Waals surface area (Å²) in [7, 11) is 1.98. The highest BCUT2D eigenvalue weighted by molar-refractivity contribution is 8.00. The zero-order valence-electron chi connectivity index (χ0n) is 13.4. The summed E-state index contributed by atoms with van der Waals surface area (Å²) >= 11 is 1.47. The normalized spacial score (nSPS) is 12.3. The van der Waals surface area contributed by atoms with Crippen LogP contribution in [0.25, 0.3) is 11.0 Å². The Bertz CT molecular complexity index is 856. The molecule has 3 aromatic rings. The summed E-state index contributed by atoms with van der Waals surface area (Å²) in [4.78, 5) is 17.0. The Kier molecular flexibility index (Phi) is 4.39. The number of thioether (sulfide) groups is 1. The summed E-state index contributed by atoms with van der Waals surface area (Å²) in [5.41, 5.74) is 3.93. The highest BCUT2D eigenvalue weighted by Crippen LogP contribution is 2.27. The molecule has 1 N–H and O–H groups in total. The molecule has 1 atom stereocenters. The van der Waals surface area contributed by atoms with Crippen molar-refractivity contribution in [2.75, 3.05) is 5.32 Å². The van der Waals surface area contributed by atoms with Crippen molar-refractivity contribution in [2.45, 2.75) is 24.3 Å². The van der Waals surface area contributed by atoms with E-state index in [-0.39, 0.29) is 11.2 Å². The number of nitrogens with zero attached hydrogens (tertiary/aromatic N) is 2. The number of amides is 1. The Morgan fingerprint density at radius 2 is 1.87 bits per heavy atom. The molecule has 23 heavy (non-hydrogen) atoms. The lowest BCUT2D eigenvalue weighted by Gasteiger charge is -2.13. The van der Waals surface area contributed by atoms with Gasteiger partial charge in [-0.25, -0.2) is 4.98 Å². The summed E-state index contributed by atoms with van der Waals surface area (Å²) in [5.74, 6) is -0.0173. The van der Waals surface area contributed by atoms with Gasteiger partial charge in [-0.15, -0.1) is 0 Å². The van der Waals surface area contributed by atoms with Crippen LogP contribution in [-0.2, 0) is 11.8 Å². The van der Waals surface area contributed by atoms with Crippen molar-refractivity contribution in [3.63, 3.8) is 0 Å². The highest BCUT2D eigenvalue weighted by Gasteiger charge is 2.18. The maximum absolute atomic E-state index is 12.4. The van der Waals surface area contributed by atoms with Gasteiger partial charge in [0.2, 0.25) is 5.91 Å². The molecular formula is C18H19N3OS. The number of anilines is 1. The standard InChI is InChI=1S/C18H19N3OS/c1-12-8-4-5-9-14(12)19-17(22)13(2)23-18-20-15-10-6-7-11-16(15)21(18)3/h4-11,13H,1-3H3,(H,19,22). The summed E-state index contributed by atoms with van der Waals surface area (Å²) in [6, 6.07) is 15.8. The first-order valence-electron chi connectivity index (χ1n) is 7.51. The average Bonchev–Trinajstić information content (AvgIpc) is 2.86. The Balaban J connectivity index is 1.75. The molecule has 0 spiro atoms. The zero-order chi connectivity index (χ0) is 16.4. The summed E-state index contributed by atoms with van der Waals surface area (Å²) in [6.45, 7) is 3.89. The second kappa shape index (κ2) is 6.46. The van der Waals surface area contributed by atoms with Crippen LogP contribution in [0.15, 0.2) is 53.7 Å². The number of benzene rings is 2. The molecule has 0 bridgehead atoms. The van der Waals surface area contributed by atoms with Gasteiger partial charge in [-0.1, -0.05) is 42.1 Å². The first-order chi connectivity index (χ1) is 11.1. The molecule has 0 radical (unpaired) electrons. The van der Waals surface area contributed by atoms with Crippen LogP contribution in [-0.4, -0.2) is 20.7 Å². The average molecular weight is 325 g/mol. The van der Waals surface area contributed by atoms with Crippen LogP contribution in [0.2, 0.25) is 0 Å². The predicted octanol–water partition coefficient (Wildman–Crippen LogP) is 4.00. The predicted molar refractivity (Wildman–Crippen MR) is 95.8 cm³/mol. The molecule has 1 unspecified atom stereocenters. The van der Waals surface area contributed by atoms with E-state index in [9.17, 15) is 4.79 Å². The van der Waals surface area contributed by atoms with E-state index in [1.807, 2.05) is 74.0 Å². The van der Waals surface area contributed by atoms with Gasteiger partial charge in [-0.05, 0) is 37.6 Å². The lowest BCUT2D eigenvalue weighted by Crippen LogP contribution is -2.23. The molecule has 0 saturated carbocycles. The molecule has 0 aliphatic rings. The van der Waals surface area contributed by atoms with Crippen molar-refractivity contribution >= 4 is 34.4 Å². The van der Waals surface area contributed by atoms with Crippen LogP contribution in [0.5, 0.6) is 0 Å². The van der Waals surface area contributed by atoms with Crippen molar-refractivity contribution in [2.24, 2.45) is 7.05 Å². The zero-order valence-corrected chi connectivity index (χ0v) is 14.2. The summed E-state index contributed by atoms with van der Waals surface area (Å²) in [5, 5.41) is 3.60. The van der Waals surface area contributed by atoms with Gasteiger partial charge in [0.15, 0.2) is 5.16 Å². The number of fused-ring (bicyclic) bond motifs is 1. The van der Waals surface area contributed by atoms with Gasteiger partial charge < -0.3 is 9.88 Å². The van der Waals surface area contributed by atoms with Crippen molar-refractivity contribution < 1.29 is 4.79 Å². The Hall–Kier alpha value is -2.27. The Labute approximate surface area is 139 Å². The molecule has 1 heterocycles. The van der Waals surface area contributed by atoms with Crippen LogP contribution in [0.1, 0.15) is 12.5 Å². The van der Waals surface area contributed by atoms with Crippen LogP contribution >= 0.6 is 11.8 Å². The quantitative estimate of drug-likeness (QED) is 0.738. The number of para-hydroxylation sites is 3. The minimum Gasteiger partial charge on any atom is -0.325 e. The lowest BCUT2D eigenvalue weighted by atomic mass is 10.2. The molecule has 3 rings (SSSR count). The van der Waals surface area contributed by atoms with Crippen LogP contribution < -0.4 is 5.32 Å². The maximum atomic E-state index is 12.4. The molecule has 0 aliphatic heterocycles. The first kappa shape index (κ1) is 15.6. The van der Waals surface area contributed by atoms with Crippen LogP contribution in [0, 0.1) is 6.92 Å². The van der Waals surface area contributed by atoms with Crippen LogP contribution in [0.3, 0.4) is 0 Å². The first-order valence-corrected chi connectivity index (χ1v) is 8.39. The number of aromatic nitrogens is 2. The van der Waals surface area contributed by atoms with Gasteiger partial charge in [0.05, 0.1) is 16.3 Å². The van der Waals surface area contributed by atoms with E-state index >= 15 is 0 Å².